The molecule has 0 aliphatic heterocycles. The average Bonchev–Trinajstić information content (AvgIpc) is 2.47. The number of guanidine groups is 1. The second kappa shape index (κ2) is 7.31. The average molecular weight is 303 g/mol. The predicted octanol–water partition coefficient (Wildman–Crippen LogP) is 2.53. The van der Waals surface area contributed by atoms with Crippen molar-refractivity contribution in [1.29, 1.82) is 0 Å². The standard InChI is InChI=1S/C15H15ClN4O/c16-13-6-4-11(5-7-13)10-21-14-3-1-2-12(8-14)9-19-20-15(17)18/h1-9H,10H2,(H4,17,18,20). The third-order valence-corrected chi connectivity index (χ3v) is 2.81. The molecule has 0 atom stereocenters. The van der Waals surface area contributed by atoms with Gasteiger partial charge in [-0.25, -0.2) is 0 Å². The lowest BCUT2D eigenvalue weighted by Crippen LogP contribution is -2.21. The Morgan fingerprint density at radius 2 is 1.90 bits per heavy atom. The van der Waals surface area contributed by atoms with E-state index in [0.29, 0.717) is 11.6 Å². The number of benzene rings is 2. The highest BCUT2D eigenvalue weighted by molar-refractivity contribution is 6.30. The molecule has 0 amide bonds. The van der Waals surface area contributed by atoms with Crippen molar-refractivity contribution in [2.45, 2.75) is 6.61 Å². The molecule has 0 saturated carbocycles. The van der Waals surface area contributed by atoms with Gasteiger partial charge in [-0.15, -0.1) is 5.10 Å². The third-order valence-electron chi connectivity index (χ3n) is 2.56. The Bertz CT molecular complexity index is 649. The van der Waals surface area contributed by atoms with Crippen LogP contribution in [0.4, 0.5) is 0 Å². The van der Waals surface area contributed by atoms with Crippen molar-refractivity contribution in [2.24, 2.45) is 21.7 Å². The van der Waals surface area contributed by atoms with Crippen LogP contribution in [-0.4, -0.2) is 12.2 Å². The predicted molar refractivity (Wildman–Crippen MR) is 85.6 cm³/mol. The molecule has 0 aliphatic carbocycles. The third kappa shape index (κ3) is 5.16. The van der Waals surface area contributed by atoms with Gasteiger partial charge in [-0.1, -0.05) is 35.9 Å². The second-order valence-electron chi connectivity index (χ2n) is 4.26. The van der Waals surface area contributed by atoms with Gasteiger partial charge in [0.2, 0.25) is 5.96 Å². The Morgan fingerprint density at radius 3 is 2.62 bits per heavy atom. The molecular formula is C15H15ClN4O. The molecule has 0 unspecified atom stereocenters. The first-order chi connectivity index (χ1) is 10.1. The zero-order valence-electron chi connectivity index (χ0n) is 11.2. The first-order valence-electron chi connectivity index (χ1n) is 6.23. The number of hydrogen-bond acceptors (Lipinski definition) is 3. The summed E-state index contributed by atoms with van der Waals surface area (Å²) in [5, 5.41) is 8.00. The fourth-order valence-corrected chi connectivity index (χ4v) is 1.72. The van der Waals surface area contributed by atoms with Crippen LogP contribution in [0.5, 0.6) is 5.75 Å². The molecule has 0 heterocycles. The van der Waals surface area contributed by atoms with Crippen LogP contribution in [0.25, 0.3) is 0 Å². The Hall–Kier alpha value is -2.53. The van der Waals surface area contributed by atoms with Crippen LogP contribution in [0.1, 0.15) is 11.1 Å². The minimum Gasteiger partial charge on any atom is -0.489 e. The van der Waals surface area contributed by atoms with Gasteiger partial charge in [0.1, 0.15) is 12.4 Å². The Labute approximate surface area is 127 Å². The van der Waals surface area contributed by atoms with Gasteiger partial charge in [0.25, 0.3) is 0 Å². The topological polar surface area (TPSA) is 86.0 Å². The highest BCUT2D eigenvalue weighted by Crippen LogP contribution is 2.15. The molecule has 21 heavy (non-hydrogen) atoms. The van der Waals surface area contributed by atoms with Crippen molar-refractivity contribution in [3.63, 3.8) is 0 Å². The first kappa shape index (κ1) is 14.9. The van der Waals surface area contributed by atoms with E-state index >= 15 is 0 Å². The van der Waals surface area contributed by atoms with Gasteiger partial charge >= 0.3 is 0 Å². The molecule has 0 radical (unpaired) electrons. The van der Waals surface area contributed by atoms with Gasteiger partial charge in [-0.2, -0.15) is 5.10 Å². The van der Waals surface area contributed by atoms with E-state index in [1.54, 1.807) is 6.21 Å². The number of halogens is 1. The Morgan fingerprint density at radius 1 is 1.14 bits per heavy atom. The molecule has 0 bridgehead atoms. The van der Waals surface area contributed by atoms with E-state index in [-0.39, 0.29) is 5.96 Å². The van der Waals surface area contributed by atoms with Gasteiger partial charge in [0.15, 0.2) is 0 Å². The molecule has 108 valence electrons. The summed E-state index contributed by atoms with van der Waals surface area (Å²) in [6.07, 6.45) is 1.55. The van der Waals surface area contributed by atoms with E-state index in [4.69, 9.17) is 27.8 Å². The summed E-state index contributed by atoms with van der Waals surface area (Å²) >= 11 is 5.84. The largest absolute Gasteiger partial charge is 0.489 e. The Kier molecular flexibility index (Phi) is 5.17. The second-order valence-corrected chi connectivity index (χ2v) is 4.69. The van der Waals surface area contributed by atoms with Crippen molar-refractivity contribution >= 4 is 23.8 Å². The van der Waals surface area contributed by atoms with Crippen LogP contribution in [0.2, 0.25) is 5.02 Å². The summed E-state index contributed by atoms with van der Waals surface area (Å²) < 4.78 is 5.71. The molecule has 2 aromatic rings. The fraction of sp³-hybridized carbons (Fsp3) is 0.0667. The molecule has 0 aliphatic rings. The molecule has 0 fully saturated rings. The van der Waals surface area contributed by atoms with Gasteiger partial charge in [-0.3, -0.25) is 0 Å². The maximum atomic E-state index is 5.84. The first-order valence-corrected chi connectivity index (χ1v) is 6.60. The lowest BCUT2D eigenvalue weighted by molar-refractivity contribution is 0.306. The molecule has 4 N–H and O–H groups in total. The molecule has 0 saturated heterocycles. The summed E-state index contributed by atoms with van der Waals surface area (Å²) in [5.74, 6) is 0.653. The Balaban J connectivity index is 1.99. The van der Waals surface area contributed by atoms with Gasteiger partial charge in [0.05, 0.1) is 6.21 Å². The monoisotopic (exact) mass is 302 g/mol. The summed E-state index contributed by atoms with van der Waals surface area (Å²) in [6, 6.07) is 15.0. The molecule has 5 nitrogen and oxygen atoms in total. The molecule has 0 spiro atoms. The van der Waals surface area contributed by atoms with Crippen molar-refractivity contribution < 1.29 is 4.74 Å². The maximum absolute atomic E-state index is 5.84. The summed E-state index contributed by atoms with van der Waals surface area (Å²) in [6.45, 7) is 0.464. The van der Waals surface area contributed by atoms with Crippen LogP contribution >= 0.6 is 11.6 Å². The zero-order valence-corrected chi connectivity index (χ0v) is 12.0. The van der Waals surface area contributed by atoms with Gasteiger partial charge in [0, 0.05) is 5.02 Å². The highest BCUT2D eigenvalue weighted by atomic mass is 35.5. The summed E-state index contributed by atoms with van der Waals surface area (Å²) in [7, 11) is 0. The number of ether oxygens (including phenoxy) is 1. The van der Waals surface area contributed by atoms with Crippen LogP contribution < -0.4 is 16.2 Å². The highest BCUT2D eigenvalue weighted by Gasteiger charge is 1.97. The normalized spacial score (nSPS) is 10.5. The van der Waals surface area contributed by atoms with Crippen molar-refractivity contribution in [3.05, 3.63) is 64.7 Å². The maximum Gasteiger partial charge on any atom is 0.211 e. The lowest BCUT2D eigenvalue weighted by atomic mass is 10.2. The minimum absolute atomic E-state index is 0.0820. The molecule has 2 rings (SSSR count). The van der Waals surface area contributed by atoms with E-state index in [9.17, 15) is 0 Å². The van der Waals surface area contributed by atoms with E-state index in [1.807, 2.05) is 48.5 Å². The molecule has 6 heteroatoms. The van der Waals surface area contributed by atoms with Crippen LogP contribution in [0, 0.1) is 0 Å². The quantitative estimate of drug-likeness (QED) is 0.505. The van der Waals surface area contributed by atoms with Gasteiger partial charge in [-0.05, 0) is 35.4 Å². The lowest BCUT2D eigenvalue weighted by Gasteiger charge is -2.06. The number of rotatable bonds is 5. The van der Waals surface area contributed by atoms with Crippen molar-refractivity contribution in [1.82, 2.24) is 0 Å². The van der Waals surface area contributed by atoms with Crippen LogP contribution in [0.15, 0.2) is 58.7 Å². The smallest absolute Gasteiger partial charge is 0.211 e. The molecule has 2 aromatic carbocycles. The summed E-state index contributed by atoms with van der Waals surface area (Å²) in [4.78, 5) is 0. The number of nitrogens with two attached hydrogens (primary N) is 2. The fourth-order valence-electron chi connectivity index (χ4n) is 1.59. The number of nitrogens with zero attached hydrogens (tertiary/aromatic N) is 2. The zero-order chi connectivity index (χ0) is 15.1. The van der Waals surface area contributed by atoms with E-state index in [1.165, 1.54) is 0 Å². The van der Waals surface area contributed by atoms with Crippen molar-refractivity contribution in [2.75, 3.05) is 0 Å². The van der Waals surface area contributed by atoms with Crippen LogP contribution in [-0.2, 0) is 6.61 Å². The number of hydrogen-bond donors (Lipinski definition) is 2. The van der Waals surface area contributed by atoms with E-state index in [2.05, 4.69) is 10.2 Å². The van der Waals surface area contributed by atoms with E-state index < -0.39 is 0 Å². The van der Waals surface area contributed by atoms with E-state index in [0.717, 1.165) is 16.9 Å². The molecule has 0 aromatic heterocycles. The SMILES string of the molecule is NC(N)=NN=Cc1cccc(OCc2ccc(Cl)cc2)c1. The van der Waals surface area contributed by atoms with Gasteiger partial charge < -0.3 is 16.2 Å². The minimum atomic E-state index is -0.0820. The molecular weight excluding hydrogens is 288 g/mol. The summed E-state index contributed by atoms with van der Waals surface area (Å²) in [5.41, 5.74) is 12.3. The van der Waals surface area contributed by atoms with Crippen molar-refractivity contribution in [3.8, 4) is 5.75 Å². The van der Waals surface area contributed by atoms with Crippen LogP contribution in [0.3, 0.4) is 0 Å².